The van der Waals surface area contributed by atoms with Gasteiger partial charge in [-0.2, -0.15) is 0 Å². The van der Waals surface area contributed by atoms with Crippen molar-refractivity contribution < 1.29 is 38.1 Å². The van der Waals surface area contributed by atoms with E-state index in [1.54, 1.807) is 61.5 Å². The first kappa shape index (κ1) is 29.6. The van der Waals surface area contributed by atoms with Crippen LogP contribution in [0, 0.1) is 0 Å². The zero-order chi connectivity index (χ0) is 25.1. The fraction of sp³-hybridized carbons (Fsp3) is 0.739. The van der Waals surface area contributed by atoms with Gasteiger partial charge in [0.1, 0.15) is 23.9 Å². The molecule has 9 heteroatoms. The van der Waals surface area contributed by atoms with Gasteiger partial charge in [-0.15, -0.1) is 6.58 Å². The van der Waals surface area contributed by atoms with Crippen LogP contribution in [-0.4, -0.2) is 71.8 Å². The molecule has 184 valence electrons. The molecule has 0 N–H and O–H groups in total. The van der Waals surface area contributed by atoms with Crippen molar-refractivity contribution in [2.24, 2.45) is 0 Å². The summed E-state index contributed by atoms with van der Waals surface area (Å²) in [7, 11) is 0. The number of hydrogen-bond acceptors (Lipinski definition) is 9. The van der Waals surface area contributed by atoms with E-state index < -0.39 is 66.9 Å². The third-order valence-corrected chi connectivity index (χ3v) is 3.52. The Morgan fingerprint density at radius 3 is 1.72 bits per heavy atom. The molecule has 0 aliphatic carbocycles. The minimum atomic E-state index is -1.20. The van der Waals surface area contributed by atoms with E-state index in [1.807, 2.05) is 0 Å². The van der Waals surface area contributed by atoms with Crippen LogP contribution in [0.15, 0.2) is 12.7 Å². The number of nitrogens with zero attached hydrogens (tertiary/aromatic N) is 1. The summed E-state index contributed by atoms with van der Waals surface area (Å²) >= 11 is 0. The quantitative estimate of drug-likeness (QED) is 0.248. The topological polar surface area (TPSA) is 108 Å². The molecule has 0 amide bonds. The third-order valence-electron chi connectivity index (χ3n) is 3.52. The standard InChI is InChI=1S/C23H39NO8/c1-10-11-12-18(25)29-15-17(21(28)30-16(2)3)24(13-19(26)31-22(4,5)6)14-20(27)32-23(7,8)9/h10,16-17H,1,11-15H2,2-9H3. The van der Waals surface area contributed by atoms with Crippen molar-refractivity contribution in [3.63, 3.8) is 0 Å². The first-order valence-corrected chi connectivity index (χ1v) is 10.7. The molecule has 32 heavy (non-hydrogen) atoms. The number of allylic oxidation sites excluding steroid dienone is 1. The fourth-order valence-electron chi connectivity index (χ4n) is 2.45. The Balaban J connectivity index is 5.74. The van der Waals surface area contributed by atoms with Crippen LogP contribution in [0.3, 0.4) is 0 Å². The maximum atomic E-state index is 12.8. The van der Waals surface area contributed by atoms with Crippen molar-refractivity contribution in [3.8, 4) is 0 Å². The summed E-state index contributed by atoms with van der Waals surface area (Å²) in [5.74, 6) is -2.58. The van der Waals surface area contributed by atoms with E-state index in [9.17, 15) is 19.2 Å². The average Bonchev–Trinajstić information content (AvgIpc) is 2.55. The van der Waals surface area contributed by atoms with Crippen LogP contribution in [0.4, 0.5) is 0 Å². The van der Waals surface area contributed by atoms with Crippen molar-refractivity contribution in [1.29, 1.82) is 0 Å². The van der Waals surface area contributed by atoms with E-state index >= 15 is 0 Å². The lowest BCUT2D eigenvalue weighted by Crippen LogP contribution is -2.51. The molecule has 0 aromatic carbocycles. The lowest BCUT2D eigenvalue weighted by molar-refractivity contribution is -0.167. The molecule has 0 spiro atoms. The highest BCUT2D eigenvalue weighted by molar-refractivity contribution is 5.81. The molecule has 1 atom stereocenters. The van der Waals surface area contributed by atoms with Gasteiger partial charge in [0.05, 0.1) is 19.2 Å². The number of rotatable bonds is 12. The van der Waals surface area contributed by atoms with Crippen LogP contribution < -0.4 is 0 Å². The smallest absolute Gasteiger partial charge is 0.327 e. The molecule has 0 saturated carbocycles. The van der Waals surface area contributed by atoms with E-state index in [0.29, 0.717) is 6.42 Å². The predicted molar refractivity (Wildman–Crippen MR) is 119 cm³/mol. The fourth-order valence-corrected chi connectivity index (χ4v) is 2.45. The van der Waals surface area contributed by atoms with E-state index in [0.717, 1.165) is 0 Å². The zero-order valence-electron chi connectivity index (χ0n) is 20.7. The van der Waals surface area contributed by atoms with Crippen molar-refractivity contribution in [1.82, 2.24) is 4.90 Å². The Kier molecular flexibility index (Phi) is 12.2. The Hall–Kier alpha value is -2.42. The number of hydrogen-bond donors (Lipinski definition) is 0. The van der Waals surface area contributed by atoms with Gasteiger partial charge in [0, 0.05) is 6.42 Å². The van der Waals surface area contributed by atoms with Crippen LogP contribution >= 0.6 is 0 Å². The first-order chi connectivity index (χ1) is 14.5. The molecule has 0 aliphatic heterocycles. The molecule has 0 bridgehead atoms. The van der Waals surface area contributed by atoms with Gasteiger partial charge >= 0.3 is 23.9 Å². The highest BCUT2D eigenvalue weighted by Gasteiger charge is 2.34. The number of carbonyl (C=O) groups is 4. The van der Waals surface area contributed by atoms with Crippen molar-refractivity contribution in [2.45, 2.75) is 91.6 Å². The lowest BCUT2D eigenvalue weighted by Gasteiger charge is -2.31. The second-order valence-corrected chi connectivity index (χ2v) is 9.59. The normalized spacial score (nSPS) is 12.8. The van der Waals surface area contributed by atoms with Gasteiger partial charge in [-0.3, -0.25) is 24.1 Å². The molecule has 0 heterocycles. The highest BCUT2D eigenvalue weighted by atomic mass is 16.6. The number of ether oxygens (including phenoxy) is 4. The molecule has 0 aromatic rings. The van der Waals surface area contributed by atoms with Crippen molar-refractivity contribution in [2.75, 3.05) is 19.7 Å². The molecule has 0 aromatic heterocycles. The van der Waals surface area contributed by atoms with E-state index in [4.69, 9.17) is 18.9 Å². The summed E-state index contributed by atoms with van der Waals surface area (Å²) in [5, 5.41) is 0. The molecule has 0 rings (SSSR count). The van der Waals surface area contributed by atoms with E-state index in [-0.39, 0.29) is 6.42 Å². The maximum absolute atomic E-state index is 12.8. The average molecular weight is 458 g/mol. The highest BCUT2D eigenvalue weighted by Crippen LogP contribution is 2.13. The third kappa shape index (κ3) is 14.6. The van der Waals surface area contributed by atoms with Gasteiger partial charge in [-0.05, 0) is 61.8 Å². The second kappa shape index (κ2) is 13.2. The Morgan fingerprint density at radius 1 is 0.875 bits per heavy atom. The van der Waals surface area contributed by atoms with Crippen LogP contribution in [0.1, 0.15) is 68.2 Å². The minimum absolute atomic E-state index is 0.0909. The van der Waals surface area contributed by atoms with Gasteiger partial charge < -0.3 is 18.9 Å². The summed E-state index contributed by atoms with van der Waals surface area (Å²) < 4.78 is 21.2. The Bertz CT molecular complexity index is 628. The van der Waals surface area contributed by atoms with Crippen molar-refractivity contribution in [3.05, 3.63) is 12.7 Å². The summed E-state index contributed by atoms with van der Waals surface area (Å²) in [6.45, 7) is 15.9. The largest absolute Gasteiger partial charge is 0.463 e. The SMILES string of the molecule is C=CCCC(=O)OCC(C(=O)OC(C)C)N(CC(=O)OC(C)(C)C)CC(=O)OC(C)(C)C. The molecule has 0 fully saturated rings. The lowest BCUT2D eigenvalue weighted by atomic mass is 10.2. The van der Waals surface area contributed by atoms with Gasteiger partial charge in [0.2, 0.25) is 0 Å². The Labute approximate surface area is 191 Å². The molecular formula is C23H39NO8. The molecular weight excluding hydrogens is 418 g/mol. The molecule has 9 nitrogen and oxygen atoms in total. The molecule has 0 aliphatic rings. The van der Waals surface area contributed by atoms with Crippen LogP contribution in [0.25, 0.3) is 0 Å². The minimum Gasteiger partial charge on any atom is -0.463 e. The van der Waals surface area contributed by atoms with E-state index in [1.165, 1.54) is 4.90 Å². The maximum Gasteiger partial charge on any atom is 0.327 e. The molecule has 0 radical (unpaired) electrons. The van der Waals surface area contributed by atoms with Gasteiger partial charge in [-0.1, -0.05) is 6.08 Å². The Morgan fingerprint density at radius 2 is 1.34 bits per heavy atom. The predicted octanol–water partition coefficient (Wildman–Crippen LogP) is 2.80. The second-order valence-electron chi connectivity index (χ2n) is 9.59. The number of esters is 4. The summed E-state index contributed by atoms with van der Waals surface area (Å²) in [6.07, 6.45) is 1.63. The van der Waals surface area contributed by atoms with Gasteiger partial charge in [0.15, 0.2) is 0 Å². The zero-order valence-corrected chi connectivity index (χ0v) is 20.7. The summed E-state index contributed by atoms with van der Waals surface area (Å²) in [6, 6.07) is -1.20. The summed E-state index contributed by atoms with van der Waals surface area (Å²) in [4.78, 5) is 50.9. The monoisotopic (exact) mass is 457 g/mol. The van der Waals surface area contributed by atoms with E-state index in [2.05, 4.69) is 6.58 Å². The molecule has 1 unspecified atom stereocenters. The van der Waals surface area contributed by atoms with Crippen LogP contribution in [-0.2, 0) is 38.1 Å². The first-order valence-electron chi connectivity index (χ1n) is 10.7. The van der Waals surface area contributed by atoms with Gasteiger partial charge in [-0.25, -0.2) is 0 Å². The van der Waals surface area contributed by atoms with Crippen LogP contribution in [0.2, 0.25) is 0 Å². The number of carbonyl (C=O) groups excluding carboxylic acids is 4. The van der Waals surface area contributed by atoms with Crippen LogP contribution in [0.5, 0.6) is 0 Å². The summed E-state index contributed by atoms with van der Waals surface area (Å²) in [5.41, 5.74) is -1.53. The van der Waals surface area contributed by atoms with Crippen molar-refractivity contribution >= 4 is 23.9 Å². The molecule has 0 saturated heterocycles. The van der Waals surface area contributed by atoms with Gasteiger partial charge in [0.25, 0.3) is 0 Å².